The molecule has 0 aromatic heterocycles. The van der Waals surface area contributed by atoms with Crippen molar-refractivity contribution in [3.63, 3.8) is 0 Å². The number of anilines is 1. The third-order valence-corrected chi connectivity index (χ3v) is 7.68. The van der Waals surface area contributed by atoms with Crippen LogP contribution in [0.15, 0.2) is 24.3 Å². The number of carboxylic acids is 4. The molecule has 1 aliphatic rings. The maximum Gasteiger partial charge on any atom is 0.317 e. The van der Waals surface area contributed by atoms with E-state index in [0.717, 1.165) is 5.56 Å². The fourth-order valence-corrected chi connectivity index (χ4v) is 5.31. The van der Waals surface area contributed by atoms with Gasteiger partial charge in [0.25, 0.3) is 0 Å². The topological polar surface area (TPSA) is 211 Å². The molecule has 0 radical (unpaired) electrons. The first-order chi connectivity index (χ1) is 20.4. The predicted octanol–water partition coefficient (Wildman–Crippen LogP) is -1.18. The van der Waals surface area contributed by atoms with Crippen molar-refractivity contribution in [2.45, 2.75) is 12.5 Å². The van der Waals surface area contributed by atoms with Crippen LogP contribution in [0.5, 0.6) is 0 Å². The lowest BCUT2D eigenvalue weighted by Crippen LogP contribution is -2.53. The summed E-state index contributed by atoms with van der Waals surface area (Å²) in [5.74, 6) is -3.87. The molecule has 15 nitrogen and oxygen atoms in total. The van der Waals surface area contributed by atoms with Crippen molar-refractivity contribution < 1.29 is 49.5 Å². The van der Waals surface area contributed by atoms with Crippen molar-refractivity contribution in [2.24, 2.45) is 0 Å². The summed E-state index contributed by atoms with van der Waals surface area (Å²) in [6.45, 7) is 0.157. The van der Waals surface area contributed by atoms with Gasteiger partial charge in [-0.05, 0) is 24.1 Å². The molecule has 0 spiro atoms. The summed E-state index contributed by atoms with van der Waals surface area (Å²) in [6.07, 6.45) is 0.335. The van der Waals surface area contributed by atoms with Crippen molar-refractivity contribution in [2.75, 3.05) is 95.4 Å². The summed E-state index contributed by atoms with van der Waals surface area (Å²) in [4.78, 5) is 65.3. The number of nitrogens with zero attached hydrogens (tertiary/aromatic N) is 4. The second kappa shape index (κ2) is 19.1. The monoisotopic (exact) mass is 627 g/mol. The molecule has 1 atom stereocenters. The van der Waals surface area contributed by atoms with E-state index >= 15 is 0 Å². The Kier molecular flexibility index (Phi) is 15.9. The highest BCUT2D eigenvalue weighted by molar-refractivity contribution is 7.99. The predicted molar refractivity (Wildman–Crippen MR) is 158 cm³/mol. The summed E-state index contributed by atoms with van der Waals surface area (Å²) in [7, 11) is 0. The lowest BCUT2D eigenvalue weighted by atomic mass is 10.0. The molecular weight excluding hydrogens is 586 g/mol. The number of benzene rings is 1. The first-order valence-electron chi connectivity index (χ1n) is 13.8. The van der Waals surface area contributed by atoms with Crippen molar-refractivity contribution in [1.29, 1.82) is 0 Å². The summed E-state index contributed by atoms with van der Waals surface area (Å²) in [5, 5.41) is 49.7. The molecular formula is C27H41N5O10S. The van der Waals surface area contributed by atoms with Gasteiger partial charge in [0.15, 0.2) is 0 Å². The minimum Gasteiger partial charge on any atom is -0.480 e. The number of carboxylic acid groups (broad SMARTS) is 4. The SMILES string of the molecule is O=C(O)CN1CCN(CC(=O)O)CCN(CC(=O)O)[C@@H](Cc2ccc(NC(=O)CSCCO)cc2)CN(CC(=O)O)CC1. The number of rotatable bonds is 15. The Bertz CT molecular complexity index is 1080. The fourth-order valence-electron chi connectivity index (χ4n) is 4.78. The van der Waals surface area contributed by atoms with Crippen LogP contribution in [0.25, 0.3) is 0 Å². The van der Waals surface area contributed by atoms with Gasteiger partial charge in [0, 0.05) is 63.3 Å². The smallest absolute Gasteiger partial charge is 0.317 e. The van der Waals surface area contributed by atoms with Crippen LogP contribution in [0, 0.1) is 0 Å². The number of thioether (sulfide) groups is 1. The summed E-state index contributed by atoms with van der Waals surface area (Å²) in [5.41, 5.74) is 1.38. The molecule has 16 heteroatoms. The molecule has 1 aliphatic heterocycles. The maximum absolute atomic E-state index is 12.1. The molecule has 6 N–H and O–H groups in total. The van der Waals surface area contributed by atoms with E-state index < -0.39 is 29.9 Å². The Balaban J connectivity index is 2.32. The van der Waals surface area contributed by atoms with Crippen LogP contribution in [0.2, 0.25) is 0 Å². The van der Waals surface area contributed by atoms with Crippen LogP contribution in [0.4, 0.5) is 5.69 Å². The Morgan fingerprint density at radius 2 is 1.21 bits per heavy atom. The first kappa shape index (κ1) is 35.9. The number of carbonyl (C=O) groups excluding carboxylic acids is 1. The van der Waals surface area contributed by atoms with E-state index in [4.69, 9.17) is 5.11 Å². The van der Waals surface area contributed by atoms with Crippen LogP contribution in [-0.4, -0.2) is 171 Å². The average molecular weight is 628 g/mol. The van der Waals surface area contributed by atoms with E-state index in [1.165, 1.54) is 11.8 Å². The van der Waals surface area contributed by atoms with Gasteiger partial charge in [-0.15, -0.1) is 11.8 Å². The number of hydrogen-bond acceptors (Lipinski definition) is 11. The molecule has 0 bridgehead atoms. The van der Waals surface area contributed by atoms with Gasteiger partial charge in [0.05, 0.1) is 38.5 Å². The first-order valence-corrected chi connectivity index (χ1v) is 15.0. The molecule has 1 saturated heterocycles. The minimum absolute atomic E-state index is 0.0191. The van der Waals surface area contributed by atoms with Gasteiger partial charge in [0.1, 0.15) is 0 Å². The number of amides is 1. The molecule has 1 heterocycles. The van der Waals surface area contributed by atoms with E-state index in [9.17, 15) is 44.4 Å². The molecule has 1 aromatic carbocycles. The molecule has 240 valence electrons. The zero-order valence-corrected chi connectivity index (χ0v) is 24.8. The van der Waals surface area contributed by atoms with E-state index in [1.54, 1.807) is 43.9 Å². The number of aliphatic carboxylic acids is 4. The molecule has 0 unspecified atom stereocenters. The Labute approximate surface area is 254 Å². The minimum atomic E-state index is -1.09. The summed E-state index contributed by atoms with van der Waals surface area (Å²) >= 11 is 1.30. The zero-order valence-electron chi connectivity index (χ0n) is 24.0. The highest BCUT2D eigenvalue weighted by Crippen LogP contribution is 2.16. The number of nitrogens with one attached hydrogen (secondary N) is 1. The third-order valence-electron chi connectivity index (χ3n) is 6.75. The van der Waals surface area contributed by atoms with E-state index in [1.807, 2.05) is 0 Å². The Morgan fingerprint density at radius 1 is 0.721 bits per heavy atom. The lowest BCUT2D eigenvalue weighted by Gasteiger charge is -2.37. The van der Waals surface area contributed by atoms with Crippen LogP contribution < -0.4 is 5.32 Å². The number of carbonyl (C=O) groups is 5. The molecule has 1 amide bonds. The van der Waals surface area contributed by atoms with Gasteiger partial charge >= 0.3 is 23.9 Å². The van der Waals surface area contributed by atoms with Crippen molar-refractivity contribution in [3.05, 3.63) is 29.8 Å². The highest BCUT2D eigenvalue weighted by Gasteiger charge is 2.27. The normalized spacial score (nSPS) is 18.3. The zero-order chi connectivity index (χ0) is 31.8. The van der Waals surface area contributed by atoms with Crippen LogP contribution in [0.1, 0.15) is 5.56 Å². The number of aliphatic hydroxyl groups excluding tert-OH is 1. The van der Waals surface area contributed by atoms with Crippen molar-refractivity contribution >= 4 is 47.2 Å². The van der Waals surface area contributed by atoms with Gasteiger partial charge in [-0.1, -0.05) is 12.1 Å². The molecule has 1 fully saturated rings. The highest BCUT2D eigenvalue weighted by atomic mass is 32.2. The van der Waals surface area contributed by atoms with Gasteiger partial charge < -0.3 is 30.8 Å². The van der Waals surface area contributed by atoms with Crippen LogP contribution >= 0.6 is 11.8 Å². The van der Waals surface area contributed by atoms with E-state index in [2.05, 4.69) is 5.32 Å². The summed E-state index contributed by atoms with van der Waals surface area (Å²) < 4.78 is 0. The van der Waals surface area contributed by atoms with Gasteiger partial charge in [-0.2, -0.15) is 0 Å². The van der Waals surface area contributed by atoms with Gasteiger partial charge in [-0.25, -0.2) is 0 Å². The maximum atomic E-state index is 12.1. The van der Waals surface area contributed by atoms with Crippen LogP contribution in [-0.2, 0) is 30.4 Å². The Morgan fingerprint density at radius 3 is 1.72 bits per heavy atom. The molecule has 2 rings (SSSR count). The van der Waals surface area contributed by atoms with Gasteiger partial charge in [-0.3, -0.25) is 43.6 Å². The standard InChI is InChI=1S/C27H41N5O10S/c33-11-12-43-19-23(34)28-21-3-1-20(2-4-21)13-22-14-31(17-26(39)40)8-7-29(15-24(35)36)5-6-30(16-25(37)38)9-10-32(22)18-27(41)42/h1-4,22,33H,5-19H2,(H,28,34)(H,35,36)(H,37,38)(H,39,40)(H,41,42)/t22-/m0/s1. The Hall–Kier alpha value is -3.28. The second-order valence-electron chi connectivity index (χ2n) is 10.2. The quantitative estimate of drug-likeness (QED) is 0.126. The van der Waals surface area contributed by atoms with Crippen LogP contribution in [0.3, 0.4) is 0 Å². The van der Waals surface area contributed by atoms with E-state index in [0.29, 0.717) is 17.9 Å². The van der Waals surface area contributed by atoms with Gasteiger partial charge in [0.2, 0.25) is 5.91 Å². The molecule has 0 aliphatic carbocycles. The molecule has 1 aromatic rings. The van der Waals surface area contributed by atoms with Crippen molar-refractivity contribution in [3.8, 4) is 0 Å². The number of aliphatic hydroxyl groups is 1. The summed E-state index contributed by atoms with van der Waals surface area (Å²) in [6, 6.07) is 6.53. The second-order valence-corrected chi connectivity index (χ2v) is 11.3. The fraction of sp³-hybridized carbons (Fsp3) is 0.593. The number of hydrogen-bond donors (Lipinski definition) is 6. The van der Waals surface area contributed by atoms with Crippen molar-refractivity contribution in [1.82, 2.24) is 19.6 Å². The molecule has 0 saturated carbocycles. The third kappa shape index (κ3) is 15.1. The average Bonchev–Trinajstić information content (AvgIpc) is 2.91. The largest absolute Gasteiger partial charge is 0.480 e. The van der Waals surface area contributed by atoms with E-state index in [-0.39, 0.29) is 90.3 Å². The lowest BCUT2D eigenvalue weighted by molar-refractivity contribution is -0.142. The molecule has 43 heavy (non-hydrogen) atoms.